The molecule has 0 radical (unpaired) electrons. The van der Waals surface area contributed by atoms with Gasteiger partial charge in [0.1, 0.15) is 10.4 Å². The van der Waals surface area contributed by atoms with Gasteiger partial charge >= 0.3 is 5.97 Å². The second kappa shape index (κ2) is 3.98. The number of carboxylic acids is 1. The van der Waals surface area contributed by atoms with Crippen molar-refractivity contribution in [2.45, 2.75) is 26.3 Å². The Morgan fingerprint density at radius 3 is 2.53 bits per heavy atom. The molecule has 6 heteroatoms. The van der Waals surface area contributed by atoms with Gasteiger partial charge < -0.3 is 10.4 Å². The molecule has 82 valence electrons. The van der Waals surface area contributed by atoms with Crippen molar-refractivity contribution in [3.63, 3.8) is 0 Å². The SMILES string of the molecule is Cc1ncsc1C(=O)NC(C)(C)C(=O)O. The van der Waals surface area contributed by atoms with Gasteiger partial charge in [-0.25, -0.2) is 9.78 Å². The first kappa shape index (κ1) is 11.6. The molecule has 1 heterocycles. The smallest absolute Gasteiger partial charge is 0.328 e. The summed E-state index contributed by atoms with van der Waals surface area (Å²) in [6.07, 6.45) is 0. The molecule has 0 spiro atoms. The number of amides is 1. The number of rotatable bonds is 3. The molecule has 0 atom stereocenters. The Morgan fingerprint density at radius 1 is 1.53 bits per heavy atom. The van der Waals surface area contributed by atoms with Crippen molar-refractivity contribution >= 4 is 23.2 Å². The third-order valence-corrected chi connectivity index (χ3v) is 2.84. The third-order valence-electron chi connectivity index (χ3n) is 1.91. The van der Waals surface area contributed by atoms with Gasteiger partial charge in [0.25, 0.3) is 5.91 Å². The molecule has 0 saturated heterocycles. The molecule has 1 amide bonds. The van der Waals surface area contributed by atoms with E-state index in [4.69, 9.17) is 5.11 Å². The zero-order valence-corrected chi connectivity index (χ0v) is 9.51. The van der Waals surface area contributed by atoms with Crippen molar-refractivity contribution in [3.8, 4) is 0 Å². The van der Waals surface area contributed by atoms with Gasteiger partial charge in [-0.15, -0.1) is 11.3 Å². The number of carbonyl (C=O) groups excluding carboxylic acids is 1. The lowest BCUT2D eigenvalue weighted by Crippen LogP contribution is -2.49. The van der Waals surface area contributed by atoms with E-state index in [0.717, 1.165) is 0 Å². The van der Waals surface area contributed by atoms with Crippen molar-refractivity contribution in [3.05, 3.63) is 16.1 Å². The summed E-state index contributed by atoms with van der Waals surface area (Å²) in [5.74, 6) is -1.47. The maximum atomic E-state index is 11.6. The molecule has 0 unspecified atom stereocenters. The molecule has 0 aliphatic rings. The fourth-order valence-corrected chi connectivity index (χ4v) is 1.61. The van der Waals surface area contributed by atoms with Crippen LogP contribution in [0.1, 0.15) is 29.2 Å². The van der Waals surface area contributed by atoms with Crippen LogP contribution in [0.4, 0.5) is 0 Å². The van der Waals surface area contributed by atoms with Gasteiger partial charge in [0.15, 0.2) is 0 Å². The van der Waals surface area contributed by atoms with Crippen LogP contribution in [0.5, 0.6) is 0 Å². The summed E-state index contributed by atoms with van der Waals surface area (Å²) in [5, 5.41) is 11.3. The van der Waals surface area contributed by atoms with E-state index >= 15 is 0 Å². The highest BCUT2D eigenvalue weighted by molar-refractivity contribution is 7.11. The summed E-state index contributed by atoms with van der Waals surface area (Å²) in [4.78, 5) is 26.8. The van der Waals surface area contributed by atoms with Crippen molar-refractivity contribution in [1.82, 2.24) is 10.3 Å². The van der Waals surface area contributed by atoms with Gasteiger partial charge in [-0.1, -0.05) is 0 Å². The summed E-state index contributed by atoms with van der Waals surface area (Å²) in [6.45, 7) is 4.58. The average Bonchev–Trinajstić information content (AvgIpc) is 2.50. The molecule has 0 saturated carbocycles. The van der Waals surface area contributed by atoms with E-state index in [1.165, 1.54) is 25.2 Å². The Kier molecular flexibility index (Phi) is 3.09. The van der Waals surface area contributed by atoms with Crippen LogP contribution in [0.2, 0.25) is 0 Å². The Bertz CT molecular complexity index is 398. The van der Waals surface area contributed by atoms with Crippen molar-refractivity contribution < 1.29 is 14.7 Å². The molecule has 0 aliphatic heterocycles. The third kappa shape index (κ3) is 2.53. The van der Waals surface area contributed by atoms with E-state index in [1.807, 2.05) is 0 Å². The van der Waals surface area contributed by atoms with Gasteiger partial charge in [-0.2, -0.15) is 0 Å². The minimum Gasteiger partial charge on any atom is -0.480 e. The minimum absolute atomic E-state index is 0.401. The molecule has 5 nitrogen and oxygen atoms in total. The second-order valence-corrected chi connectivity index (χ2v) is 4.51. The largest absolute Gasteiger partial charge is 0.480 e. The van der Waals surface area contributed by atoms with Crippen LogP contribution in [0, 0.1) is 6.92 Å². The summed E-state index contributed by atoms with van der Waals surface area (Å²) in [5.41, 5.74) is 0.893. The lowest BCUT2D eigenvalue weighted by Gasteiger charge is -2.20. The number of hydrogen-bond acceptors (Lipinski definition) is 4. The second-order valence-electron chi connectivity index (χ2n) is 3.65. The highest BCUT2D eigenvalue weighted by Crippen LogP contribution is 2.13. The van der Waals surface area contributed by atoms with Gasteiger partial charge in [0.2, 0.25) is 0 Å². The highest BCUT2D eigenvalue weighted by atomic mass is 32.1. The number of aromatic nitrogens is 1. The Balaban J connectivity index is 2.81. The number of carboxylic acid groups (broad SMARTS) is 1. The summed E-state index contributed by atoms with van der Waals surface area (Å²) in [7, 11) is 0. The fourth-order valence-electron chi connectivity index (χ4n) is 0.914. The van der Waals surface area contributed by atoms with Crippen LogP contribution in [-0.4, -0.2) is 27.5 Å². The molecular weight excluding hydrogens is 216 g/mol. The molecule has 1 aromatic heterocycles. The summed E-state index contributed by atoms with van der Waals surface area (Å²) in [6, 6.07) is 0. The normalized spacial score (nSPS) is 11.1. The molecule has 1 rings (SSSR count). The molecule has 1 aromatic rings. The zero-order valence-electron chi connectivity index (χ0n) is 8.70. The number of hydrogen-bond donors (Lipinski definition) is 2. The number of nitrogens with zero attached hydrogens (tertiary/aromatic N) is 1. The topological polar surface area (TPSA) is 79.3 Å². The van der Waals surface area contributed by atoms with E-state index in [9.17, 15) is 9.59 Å². The lowest BCUT2D eigenvalue weighted by atomic mass is 10.1. The van der Waals surface area contributed by atoms with Crippen LogP contribution in [0.25, 0.3) is 0 Å². The van der Waals surface area contributed by atoms with Crippen molar-refractivity contribution in [1.29, 1.82) is 0 Å². The van der Waals surface area contributed by atoms with Crippen LogP contribution >= 0.6 is 11.3 Å². The molecule has 2 N–H and O–H groups in total. The predicted octanol–water partition coefficient (Wildman–Crippen LogP) is 1.04. The Hall–Kier alpha value is -1.43. The van der Waals surface area contributed by atoms with Gasteiger partial charge in [0, 0.05) is 0 Å². The zero-order chi connectivity index (χ0) is 11.6. The van der Waals surface area contributed by atoms with Crippen LogP contribution < -0.4 is 5.32 Å². The highest BCUT2D eigenvalue weighted by Gasteiger charge is 2.30. The lowest BCUT2D eigenvalue weighted by molar-refractivity contribution is -0.143. The Labute approximate surface area is 91.1 Å². The maximum Gasteiger partial charge on any atom is 0.328 e. The summed E-state index contributed by atoms with van der Waals surface area (Å²) < 4.78 is 0. The van der Waals surface area contributed by atoms with E-state index in [0.29, 0.717) is 10.6 Å². The van der Waals surface area contributed by atoms with Gasteiger partial charge in [0.05, 0.1) is 11.2 Å². The van der Waals surface area contributed by atoms with E-state index in [2.05, 4.69) is 10.3 Å². The van der Waals surface area contributed by atoms with E-state index in [1.54, 1.807) is 12.4 Å². The number of aliphatic carboxylic acids is 1. The number of thiazole rings is 1. The van der Waals surface area contributed by atoms with Crippen molar-refractivity contribution in [2.24, 2.45) is 0 Å². The summed E-state index contributed by atoms with van der Waals surface area (Å²) >= 11 is 1.19. The maximum absolute atomic E-state index is 11.6. The quantitative estimate of drug-likeness (QED) is 0.810. The van der Waals surface area contributed by atoms with Gasteiger partial charge in [-0.05, 0) is 20.8 Å². The minimum atomic E-state index is -1.27. The number of carbonyl (C=O) groups is 2. The first-order valence-corrected chi connectivity index (χ1v) is 5.18. The standard InChI is InChI=1S/C9H12N2O3S/c1-5-6(15-4-10-5)7(12)11-9(2,3)8(13)14/h4H,1-3H3,(H,11,12)(H,13,14). The van der Waals surface area contributed by atoms with Gasteiger partial charge in [-0.3, -0.25) is 4.79 Å². The number of nitrogens with one attached hydrogen (secondary N) is 1. The fraction of sp³-hybridized carbons (Fsp3) is 0.444. The average molecular weight is 228 g/mol. The first-order valence-electron chi connectivity index (χ1n) is 4.30. The molecule has 0 aromatic carbocycles. The van der Waals surface area contributed by atoms with E-state index in [-0.39, 0.29) is 0 Å². The monoisotopic (exact) mass is 228 g/mol. The predicted molar refractivity (Wildman–Crippen MR) is 56.0 cm³/mol. The Morgan fingerprint density at radius 2 is 2.13 bits per heavy atom. The van der Waals surface area contributed by atoms with Crippen LogP contribution in [0.3, 0.4) is 0 Å². The molecule has 0 bridgehead atoms. The number of aryl methyl sites for hydroxylation is 1. The molecule has 0 aliphatic carbocycles. The van der Waals surface area contributed by atoms with E-state index < -0.39 is 17.4 Å². The molecule has 15 heavy (non-hydrogen) atoms. The van der Waals surface area contributed by atoms with Crippen molar-refractivity contribution in [2.75, 3.05) is 0 Å². The molecule has 0 fully saturated rings. The van der Waals surface area contributed by atoms with Crippen LogP contribution in [-0.2, 0) is 4.79 Å². The first-order chi connectivity index (χ1) is 6.84. The van der Waals surface area contributed by atoms with Crippen LogP contribution in [0.15, 0.2) is 5.51 Å². The molecular formula is C9H12N2O3S.